The largest absolute Gasteiger partial charge is 0.396 e. The number of nitrogens with one attached hydrogen (secondary N) is 1. The molecule has 0 aliphatic rings. The minimum absolute atomic E-state index is 0.0941. The Hall–Kier alpha value is -1.39. The fourth-order valence-electron chi connectivity index (χ4n) is 2.14. The smallest absolute Gasteiger partial charge is 0.0841 e. The number of hydrogen-bond donors (Lipinski definition) is 2. The molecule has 4 nitrogen and oxygen atoms in total. The van der Waals surface area contributed by atoms with E-state index in [2.05, 4.69) is 29.5 Å². The summed E-state index contributed by atoms with van der Waals surface area (Å²) in [4.78, 5) is 0. The number of aliphatic hydroxyl groups is 1. The van der Waals surface area contributed by atoms with Crippen molar-refractivity contribution in [3.8, 4) is 0 Å². The molecule has 0 bridgehead atoms. The minimum Gasteiger partial charge on any atom is -0.396 e. The van der Waals surface area contributed by atoms with Gasteiger partial charge >= 0.3 is 0 Å². The number of nitrogens with zero attached hydrogens (tertiary/aromatic N) is 2. The van der Waals surface area contributed by atoms with Crippen molar-refractivity contribution in [3.05, 3.63) is 30.0 Å². The summed E-state index contributed by atoms with van der Waals surface area (Å²) in [6.45, 7) is 8.76. The SMILES string of the molecule is CCn1nc(CNCC(C)(C)CO)c2ccccc21. The number of hydrogen-bond acceptors (Lipinski definition) is 3. The topological polar surface area (TPSA) is 50.1 Å². The van der Waals surface area contributed by atoms with E-state index in [4.69, 9.17) is 0 Å². The van der Waals surface area contributed by atoms with Crippen LogP contribution in [0.3, 0.4) is 0 Å². The minimum atomic E-state index is -0.0941. The van der Waals surface area contributed by atoms with Crippen LogP contribution in [0.25, 0.3) is 10.9 Å². The lowest BCUT2D eigenvalue weighted by Crippen LogP contribution is -2.32. The van der Waals surface area contributed by atoms with Crippen LogP contribution in [0.15, 0.2) is 24.3 Å². The van der Waals surface area contributed by atoms with E-state index in [9.17, 15) is 5.11 Å². The summed E-state index contributed by atoms with van der Waals surface area (Å²) >= 11 is 0. The van der Waals surface area contributed by atoms with Gasteiger partial charge in [0.1, 0.15) is 0 Å². The Labute approximate surface area is 114 Å². The summed E-state index contributed by atoms with van der Waals surface area (Å²) < 4.78 is 2.03. The first-order valence-electron chi connectivity index (χ1n) is 6.83. The van der Waals surface area contributed by atoms with Gasteiger partial charge < -0.3 is 10.4 Å². The summed E-state index contributed by atoms with van der Waals surface area (Å²) in [7, 11) is 0. The molecular weight excluding hydrogens is 238 g/mol. The van der Waals surface area contributed by atoms with E-state index in [1.54, 1.807) is 0 Å². The van der Waals surface area contributed by atoms with E-state index in [1.165, 1.54) is 10.9 Å². The Morgan fingerprint density at radius 1 is 1.32 bits per heavy atom. The molecule has 4 heteroatoms. The van der Waals surface area contributed by atoms with E-state index >= 15 is 0 Å². The van der Waals surface area contributed by atoms with Crippen molar-refractivity contribution < 1.29 is 5.11 Å². The van der Waals surface area contributed by atoms with Gasteiger partial charge in [-0.1, -0.05) is 32.0 Å². The number of aromatic nitrogens is 2. The fourth-order valence-corrected chi connectivity index (χ4v) is 2.14. The zero-order valence-electron chi connectivity index (χ0n) is 12.0. The average Bonchev–Trinajstić information content (AvgIpc) is 2.77. The highest BCUT2D eigenvalue weighted by Gasteiger charge is 2.16. The Kier molecular flexibility index (Phi) is 4.22. The van der Waals surface area contributed by atoms with Gasteiger partial charge in [-0.3, -0.25) is 4.68 Å². The van der Waals surface area contributed by atoms with Crippen LogP contribution in [-0.4, -0.2) is 28.0 Å². The maximum atomic E-state index is 9.25. The van der Waals surface area contributed by atoms with Crippen LogP contribution in [0.2, 0.25) is 0 Å². The molecule has 2 aromatic rings. The van der Waals surface area contributed by atoms with Crippen molar-refractivity contribution in [2.75, 3.05) is 13.2 Å². The van der Waals surface area contributed by atoms with Crippen LogP contribution < -0.4 is 5.32 Å². The number of aryl methyl sites for hydroxylation is 1. The molecule has 1 aromatic heterocycles. The third kappa shape index (κ3) is 3.14. The molecule has 0 radical (unpaired) electrons. The third-order valence-electron chi connectivity index (χ3n) is 3.36. The molecule has 19 heavy (non-hydrogen) atoms. The van der Waals surface area contributed by atoms with Crippen molar-refractivity contribution >= 4 is 10.9 Å². The van der Waals surface area contributed by atoms with Crippen molar-refractivity contribution in [2.45, 2.75) is 33.9 Å². The lowest BCUT2D eigenvalue weighted by atomic mass is 9.95. The van der Waals surface area contributed by atoms with Crippen LogP contribution in [-0.2, 0) is 13.1 Å². The van der Waals surface area contributed by atoms with Gasteiger partial charge in [0.25, 0.3) is 0 Å². The van der Waals surface area contributed by atoms with E-state index in [0.29, 0.717) is 0 Å². The molecule has 0 unspecified atom stereocenters. The molecular formula is C15H23N3O. The highest BCUT2D eigenvalue weighted by Crippen LogP contribution is 2.18. The highest BCUT2D eigenvalue weighted by atomic mass is 16.3. The summed E-state index contributed by atoms with van der Waals surface area (Å²) in [6, 6.07) is 8.31. The molecule has 0 fully saturated rings. The molecule has 1 aromatic carbocycles. The second kappa shape index (κ2) is 5.72. The fraction of sp³-hybridized carbons (Fsp3) is 0.533. The lowest BCUT2D eigenvalue weighted by Gasteiger charge is -2.21. The molecule has 0 spiro atoms. The lowest BCUT2D eigenvalue weighted by molar-refractivity contribution is 0.156. The Bertz CT molecular complexity index is 545. The van der Waals surface area contributed by atoms with Crippen LogP contribution in [0.5, 0.6) is 0 Å². The van der Waals surface area contributed by atoms with Crippen molar-refractivity contribution in [3.63, 3.8) is 0 Å². The number of benzene rings is 1. The normalized spacial score (nSPS) is 12.2. The summed E-state index contributed by atoms with van der Waals surface area (Å²) in [5.41, 5.74) is 2.16. The average molecular weight is 261 g/mol. The standard InChI is InChI=1S/C15H23N3O/c1-4-18-14-8-6-5-7-12(14)13(17-18)9-16-10-15(2,3)11-19/h5-8,16,19H,4,9-11H2,1-3H3. The number of aliphatic hydroxyl groups excluding tert-OH is 1. The van der Waals surface area contributed by atoms with Crippen molar-refractivity contribution in [2.24, 2.45) is 5.41 Å². The maximum absolute atomic E-state index is 9.25. The molecule has 2 N–H and O–H groups in total. The van der Waals surface area contributed by atoms with Gasteiger partial charge in [-0.05, 0) is 13.0 Å². The zero-order valence-corrected chi connectivity index (χ0v) is 12.0. The second-order valence-electron chi connectivity index (χ2n) is 5.71. The predicted octanol–water partition coefficient (Wildman–Crippen LogP) is 2.16. The zero-order chi connectivity index (χ0) is 13.9. The molecule has 0 saturated carbocycles. The van der Waals surface area contributed by atoms with Gasteiger partial charge in [-0.15, -0.1) is 0 Å². The van der Waals surface area contributed by atoms with E-state index in [-0.39, 0.29) is 12.0 Å². The molecule has 0 aliphatic heterocycles. The maximum Gasteiger partial charge on any atom is 0.0841 e. The van der Waals surface area contributed by atoms with E-state index in [1.807, 2.05) is 30.7 Å². The quantitative estimate of drug-likeness (QED) is 0.838. The molecule has 0 saturated heterocycles. The monoisotopic (exact) mass is 261 g/mol. The third-order valence-corrected chi connectivity index (χ3v) is 3.36. The van der Waals surface area contributed by atoms with Gasteiger partial charge in [-0.25, -0.2) is 0 Å². The number of fused-ring (bicyclic) bond motifs is 1. The van der Waals surface area contributed by atoms with E-state index < -0.39 is 0 Å². The molecule has 0 amide bonds. The highest BCUT2D eigenvalue weighted by molar-refractivity contribution is 5.81. The molecule has 1 heterocycles. The number of para-hydroxylation sites is 1. The Morgan fingerprint density at radius 2 is 2.05 bits per heavy atom. The van der Waals surface area contributed by atoms with Gasteiger partial charge in [0.05, 0.1) is 11.2 Å². The second-order valence-corrected chi connectivity index (χ2v) is 5.71. The first kappa shape index (κ1) is 14.0. The molecule has 0 aliphatic carbocycles. The van der Waals surface area contributed by atoms with Crippen LogP contribution >= 0.6 is 0 Å². The summed E-state index contributed by atoms with van der Waals surface area (Å²) in [6.07, 6.45) is 0. The Balaban J connectivity index is 2.13. The summed E-state index contributed by atoms with van der Waals surface area (Å²) in [5.74, 6) is 0. The predicted molar refractivity (Wildman–Crippen MR) is 78.0 cm³/mol. The number of rotatable bonds is 6. The van der Waals surface area contributed by atoms with Crippen LogP contribution in [0, 0.1) is 5.41 Å². The first-order valence-corrected chi connectivity index (χ1v) is 6.83. The van der Waals surface area contributed by atoms with Crippen molar-refractivity contribution in [1.82, 2.24) is 15.1 Å². The van der Waals surface area contributed by atoms with E-state index in [0.717, 1.165) is 25.3 Å². The van der Waals surface area contributed by atoms with Gasteiger partial charge in [0.15, 0.2) is 0 Å². The van der Waals surface area contributed by atoms with Gasteiger partial charge in [-0.2, -0.15) is 5.10 Å². The van der Waals surface area contributed by atoms with Gasteiger partial charge in [0, 0.05) is 37.0 Å². The van der Waals surface area contributed by atoms with Crippen LogP contribution in [0.4, 0.5) is 0 Å². The van der Waals surface area contributed by atoms with Crippen LogP contribution in [0.1, 0.15) is 26.5 Å². The molecule has 2 rings (SSSR count). The first-order chi connectivity index (χ1) is 9.07. The summed E-state index contributed by atoms with van der Waals surface area (Å²) in [5, 5.41) is 18.5. The molecule has 104 valence electrons. The van der Waals surface area contributed by atoms with Crippen molar-refractivity contribution in [1.29, 1.82) is 0 Å². The van der Waals surface area contributed by atoms with Gasteiger partial charge in [0.2, 0.25) is 0 Å². The molecule has 0 atom stereocenters. The Morgan fingerprint density at radius 3 is 2.74 bits per heavy atom.